The lowest BCUT2D eigenvalue weighted by Gasteiger charge is -2.04. The van der Waals surface area contributed by atoms with Gasteiger partial charge in [0.1, 0.15) is 0 Å². The van der Waals surface area contributed by atoms with Crippen LogP contribution in [0.2, 0.25) is 0 Å². The molecule has 0 bridgehead atoms. The zero-order valence-electron chi connectivity index (χ0n) is 5.48. The molecule has 0 amide bonds. The summed E-state index contributed by atoms with van der Waals surface area (Å²) in [6.45, 7) is 0. The Morgan fingerprint density at radius 1 is 1.55 bits per heavy atom. The molecule has 0 aromatic heterocycles. The van der Waals surface area contributed by atoms with E-state index in [4.69, 9.17) is 16.3 Å². The van der Waals surface area contributed by atoms with Crippen LogP contribution in [0.15, 0.2) is 22.7 Å². The van der Waals surface area contributed by atoms with Gasteiger partial charge in [0.2, 0.25) is 0 Å². The molecule has 4 heteroatoms. The third kappa shape index (κ3) is 2.07. The molecule has 0 unspecified atom stereocenters. The smallest absolute Gasteiger partial charge is 0.170 e. The number of alkyl halides is 1. The third-order valence-electron chi connectivity index (χ3n) is 1.12. The van der Waals surface area contributed by atoms with Gasteiger partial charge in [-0.2, -0.15) is 0 Å². The molecule has 1 aromatic carbocycles. The molecule has 0 N–H and O–H groups in total. The van der Waals surface area contributed by atoms with Gasteiger partial charge in [-0.05, 0) is 28.1 Å². The van der Waals surface area contributed by atoms with E-state index in [2.05, 4.69) is 15.9 Å². The van der Waals surface area contributed by atoms with E-state index in [0.717, 1.165) is 0 Å². The lowest BCUT2D eigenvalue weighted by molar-refractivity contribution is 0.361. The fraction of sp³-hybridized carbons (Fsp3) is 0.143. The standard InChI is InChI=1S/C7H5BrClFO/c8-5-2-1-3-6(10)7(5)11-4-9/h1-3H,4H2. The second-order valence-electron chi connectivity index (χ2n) is 1.80. The summed E-state index contributed by atoms with van der Waals surface area (Å²) in [6, 6.07) is 4.53. The first-order valence-electron chi connectivity index (χ1n) is 2.88. The Labute approximate surface area is 77.2 Å². The van der Waals surface area contributed by atoms with Crippen LogP contribution in [0.1, 0.15) is 0 Å². The maximum atomic E-state index is 12.8. The molecule has 0 radical (unpaired) electrons. The summed E-state index contributed by atoms with van der Waals surface area (Å²) in [4.78, 5) is 0. The van der Waals surface area contributed by atoms with E-state index in [9.17, 15) is 4.39 Å². The van der Waals surface area contributed by atoms with Crippen molar-refractivity contribution in [1.82, 2.24) is 0 Å². The van der Waals surface area contributed by atoms with Gasteiger partial charge in [-0.1, -0.05) is 17.7 Å². The van der Waals surface area contributed by atoms with Gasteiger partial charge in [-0.15, -0.1) is 0 Å². The minimum atomic E-state index is -0.417. The van der Waals surface area contributed by atoms with Gasteiger partial charge in [0.05, 0.1) is 4.47 Å². The molecule has 1 rings (SSSR count). The molecule has 0 aliphatic carbocycles. The van der Waals surface area contributed by atoms with Crippen LogP contribution in [-0.2, 0) is 0 Å². The van der Waals surface area contributed by atoms with Crippen LogP contribution in [0.3, 0.4) is 0 Å². The zero-order chi connectivity index (χ0) is 8.27. The van der Waals surface area contributed by atoms with Crippen LogP contribution in [0, 0.1) is 5.82 Å². The Hall–Kier alpha value is -0.280. The highest BCUT2D eigenvalue weighted by Gasteiger charge is 2.05. The Morgan fingerprint density at radius 2 is 2.27 bits per heavy atom. The molecule has 0 heterocycles. The Bertz CT molecular complexity index is 234. The van der Waals surface area contributed by atoms with Gasteiger partial charge in [0.15, 0.2) is 17.6 Å². The fourth-order valence-corrected chi connectivity index (χ4v) is 1.24. The summed E-state index contributed by atoms with van der Waals surface area (Å²) in [7, 11) is 0. The van der Waals surface area contributed by atoms with E-state index in [1.165, 1.54) is 6.07 Å². The monoisotopic (exact) mass is 238 g/mol. The minimum Gasteiger partial charge on any atom is -0.474 e. The van der Waals surface area contributed by atoms with Crippen LogP contribution in [0.25, 0.3) is 0 Å². The third-order valence-corrected chi connectivity index (χ3v) is 1.85. The second kappa shape index (κ2) is 3.93. The molecule has 1 aromatic rings. The largest absolute Gasteiger partial charge is 0.474 e. The molecular weight excluding hydrogens is 234 g/mol. The first kappa shape index (κ1) is 8.81. The SMILES string of the molecule is Fc1cccc(Br)c1OCCl. The maximum Gasteiger partial charge on any atom is 0.170 e. The molecule has 0 spiro atoms. The summed E-state index contributed by atoms with van der Waals surface area (Å²) in [5, 5.41) is 0. The van der Waals surface area contributed by atoms with E-state index >= 15 is 0 Å². The van der Waals surface area contributed by atoms with E-state index < -0.39 is 5.82 Å². The highest BCUT2D eigenvalue weighted by molar-refractivity contribution is 9.10. The summed E-state index contributed by atoms with van der Waals surface area (Å²) in [6.07, 6.45) is 0. The second-order valence-corrected chi connectivity index (χ2v) is 2.88. The van der Waals surface area contributed by atoms with Crippen molar-refractivity contribution in [2.24, 2.45) is 0 Å². The molecule has 0 atom stereocenters. The van der Waals surface area contributed by atoms with E-state index in [1.54, 1.807) is 12.1 Å². The molecule has 0 fully saturated rings. The maximum absolute atomic E-state index is 12.8. The van der Waals surface area contributed by atoms with E-state index in [-0.39, 0.29) is 11.8 Å². The topological polar surface area (TPSA) is 9.23 Å². The molecule has 0 aliphatic rings. The van der Waals surface area contributed by atoms with Crippen molar-refractivity contribution in [2.75, 3.05) is 6.07 Å². The van der Waals surface area contributed by atoms with Gasteiger partial charge in [0.25, 0.3) is 0 Å². The highest BCUT2D eigenvalue weighted by atomic mass is 79.9. The molecule has 0 aliphatic heterocycles. The minimum absolute atomic E-state index is 0.0560. The van der Waals surface area contributed by atoms with Crippen molar-refractivity contribution in [2.45, 2.75) is 0 Å². The van der Waals surface area contributed by atoms with Crippen molar-refractivity contribution in [3.05, 3.63) is 28.5 Å². The number of ether oxygens (including phenoxy) is 1. The first-order valence-corrected chi connectivity index (χ1v) is 4.21. The molecule has 0 saturated heterocycles. The van der Waals surface area contributed by atoms with Gasteiger partial charge < -0.3 is 4.74 Å². The molecular formula is C7H5BrClFO. The van der Waals surface area contributed by atoms with Crippen molar-refractivity contribution in [1.29, 1.82) is 0 Å². The number of halogens is 3. The van der Waals surface area contributed by atoms with Crippen molar-refractivity contribution < 1.29 is 9.13 Å². The van der Waals surface area contributed by atoms with Crippen LogP contribution < -0.4 is 4.74 Å². The number of hydrogen-bond acceptors (Lipinski definition) is 1. The number of benzene rings is 1. The average Bonchev–Trinajstić information content (AvgIpc) is 1.97. The van der Waals surface area contributed by atoms with Crippen LogP contribution >= 0.6 is 27.5 Å². The van der Waals surface area contributed by atoms with Gasteiger partial charge in [-0.25, -0.2) is 4.39 Å². The molecule has 1 nitrogen and oxygen atoms in total. The Morgan fingerprint density at radius 3 is 2.82 bits per heavy atom. The number of hydrogen-bond donors (Lipinski definition) is 0. The Kier molecular flexibility index (Phi) is 3.15. The summed E-state index contributed by atoms with van der Waals surface area (Å²) < 4.78 is 18.2. The summed E-state index contributed by atoms with van der Waals surface area (Å²) in [5.41, 5.74) is 0. The predicted molar refractivity (Wildman–Crippen MR) is 45.4 cm³/mol. The van der Waals surface area contributed by atoms with E-state index in [1.807, 2.05) is 0 Å². The van der Waals surface area contributed by atoms with Crippen molar-refractivity contribution >= 4 is 27.5 Å². The van der Waals surface area contributed by atoms with Crippen LogP contribution in [-0.4, -0.2) is 6.07 Å². The normalized spacial score (nSPS) is 9.73. The first-order chi connectivity index (χ1) is 5.25. The van der Waals surface area contributed by atoms with Crippen LogP contribution in [0.4, 0.5) is 4.39 Å². The molecule has 0 saturated carbocycles. The molecule has 60 valence electrons. The summed E-state index contributed by atoms with van der Waals surface area (Å²) >= 11 is 8.39. The quantitative estimate of drug-likeness (QED) is 0.720. The van der Waals surface area contributed by atoms with Gasteiger partial charge in [-0.3, -0.25) is 0 Å². The average molecular weight is 239 g/mol. The van der Waals surface area contributed by atoms with Gasteiger partial charge >= 0.3 is 0 Å². The lowest BCUT2D eigenvalue weighted by Crippen LogP contribution is -1.92. The van der Waals surface area contributed by atoms with Crippen molar-refractivity contribution in [3.63, 3.8) is 0 Å². The van der Waals surface area contributed by atoms with Gasteiger partial charge in [0, 0.05) is 0 Å². The fourth-order valence-electron chi connectivity index (χ4n) is 0.675. The van der Waals surface area contributed by atoms with E-state index in [0.29, 0.717) is 4.47 Å². The lowest BCUT2D eigenvalue weighted by atomic mass is 10.3. The predicted octanol–water partition coefficient (Wildman–Crippen LogP) is 3.16. The van der Waals surface area contributed by atoms with Crippen LogP contribution in [0.5, 0.6) is 5.75 Å². The number of para-hydroxylation sites is 1. The number of rotatable bonds is 2. The molecule has 11 heavy (non-hydrogen) atoms. The Balaban J connectivity index is 3.00. The summed E-state index contributed by atoms with van der Waals surface area (Å²) in [5.74, 6) is -0.262. The van der Waals surface area contributed by atoms with Crippen molar-refractivity contribution in [3.8, 4) is 5.75 Å². The highest BCUT2D eigenvalue weighted by Crippen LogP contribution is 2.27. The zero-order valence-corrected chi connectivity index (χ0v) is 7.82.